The molecule has 21 heavy (non-hydrogen) atoms. The quantitative estimate of drug-likeness (QED) is 0.740. The fourth-order valence-electron chi connectivity index (χ4n) is 1.95. The van der Waals surface area contributed by atoms with Crippen molar-refractivity contribution in [1.29, 1.82) is 0 Å². The van der Waals surface area contributed by atoms with E-state index in [0.717, 1.165) is 6.07 Å². The zero-order chi connectivity index (χ0) is 16.0. The number of rotatable bonds is 1. The smallest absolute Gasteiger partial charge is 0.444 e. The third kappa shape index (κ3) is 3.35. The lowest BCUT2D eigenvalue weighted by Gasteiger charge is -2.23. The Balaban J connectivity index is 2.68. The summed E-state index contributed by atoms with van der Waals surface area (Å²) in [5, 5.41) is 0.520. The largest absolute Gasteiger partial charge is 0.526 e. The third-order valence-corrected chi connectivity index (χ3v) is 2.94. The Hall–Kier alpha value is -1.63. The molecule has 1 heterocycles. The first-order valence-corrected chi connectivity index (χ1v) is 6.61. The third-order valence-electron chi connectivity index (χ3n) is 2.71. The Morgan fingerprint density at radius 3 is 2.38 bits per heavy atom. The maximum absolute atomic E-state index is 13.2. The van der Waals surface area contributed by atoms with Gasteiger partial charge in [0.25, 0.3) is 0 Å². The Morgan fingerprint density at radius 1 is 1.24 bits per heavy atom. The lowest BCUT2D eigenvalue weighted by atomic mass is 9.86. The van der Waals surface area contributed by atoms with Crippen LogP contribution in [0.1, 0.15) is 20.8 Å². The first-order chi connectivity index (χ1) is 9.49. The van der Waals surface area contributed by atoms with Crippen LogP contribution >= 0.6 is 11.6 Å². The Morgan fingerprint density at radius 2 is 1.86 bits per heavy atom. The number of benzene rings is 1. The lowest BCUT2D eigenvalue weighted by Crippen LogP contribution is -2.43. The molecular weight excluding hydrogens is 305 g/mol. The summed E-state index contributed by atoms with van der Waals surface area (Å²) in [4.78, 5) is 12.1. The van der Waals surface area contributed by atoms with Gasteiger partial charge in [0.15, 0.2) is 0 Å². The molecule has 0 fully saturated rings. The van der Waals surface area contributed by atoms with E-state index in [2.05, 4.69) is 0 Å². The summed E-state index contributed by atoms with van der Waals surface area (Å²) in [5.41, 5.74) is -1.85. The van der Waals surface area contributed by atoms with Crippen molar-refractivity contribution in [3.05, 3.63) is 29.3 Å². The fourth-order valence-corrected chi connectivity index (χ4v) is 2.11. The summed E-state index contributed by atoms with van der Waals surface area (Å²) in [6.45, 7) is -0.606. The molecule has 0 spiro atoms. The van der Waals surface area contributed by atoms with Gasteiger partial charge in [-0.2, -0.15) is 0 Å². The fraction of sp³-hybridized carbons (Fsp3) is 0.308. The van der Waals surface area contributed by atoms with Crippen LogP contribution in [0.2, 0.25) is 5.02 Å². The van der Waals surface area contributed by atoms with Gasteiger partial charge < -0.3 is 17.7 Å². The Kier molecular flexibility index (Phi) is 3.74. The van der Waals surface area contributed by atoms with Gasteiger partial charge in [-0.15, -0.1) is 0 Å². The molecule has 3 nitrogen and oxygen atoms in total. The molecule has 0 N–H and O–H groups in total. The minimum absolute atomic E-state index is 0.0750. The van der Waals surface area contributed by atoms with Gasteiger partial charge in [0.05, 0.1) is 5.52 Å². The second-order valence-corrected chi connectivity index (χ2v) is 6.10. The molecule has 0 saturated carbocycles. The van der Waals surface area contributed by atoms with Crippen LogP contribution in [0.15, 0.2) is 24.3 Å². The summed E-state index contributed by atoms with van der Waals surface area (Å²) in [7, 11) is 0. The van der Waals surface area contributed by atoms with E-state index in [-0.39, 0.29) is 15.9 Å². The number of ether oxygens (including phenoxy) is 1. The van der Waals surface area contributed by atoms with Crippen molar-refractivity contribution in [3.63, 3.8) is 0 Å². The van der Waals surface area contributed by atoms with E-state index >= 15 is 0 Å². The number of hydrogen-bond donors (Lipinski definition) is 0. The molecule has 0 radical (unpaired) electrons. The maximum Gasteiger partial charge on any atom is 0.526 e. The van der Waals surface area contributed by atoms with Crippen LogP contribution in [0.3, 0.4) is 0 Å². The van der Waals surface area contributed by atoms with Crippen molar-refractivity contribution in [2.45, 2.75) is 26.4 Å². The van der Waals surface area contributed by atoms with Crippen LogP contribution in [0.25, 0.3) is 10.9 Å². The summed E-state index contributed by atoms with van der Waals surface area (Å²) >= 11 is 5.81. The van der Waals surface area contributed by atoms with Crippen LogP contribution in [0.4, 0.5) is 17.7 Å². The normalized spacial score (nSPS) is 12.7. The van der Waals surface area contributed by atoms with Crippen LogP contribution in [-0.4, -0.2) is 23.2 Å². The molecule has 0 bridgehead atoms. The van der Waals surface area contributed by atoms with E-state index in [1.54, 1.807) is 20.8 Å². The van der Waals surface area contributed by atoms with Crippen LogP contribution in [0, 0.1) is 0 Å². The average molecular weight is 319 g/mol. The van der Waals surface area contributed by atoms with Crippen LogP contribution < -0.4 is 5.59 Å². The minimum atomic E-state index is -5.36. The average Bonchev–Trinajstić information content (AvgIpc) is 2.64. The van der Waals surface area contributed by atoms with E-state index in [4.69, 9.17) is 16.3 Å². The Labute approximate surface area is 124 Å². The molecule has 8 heteroatoms. The number of carbonyl (C=O) groups is 1. The van der Waals surface area contributed by atoms with Gasteiger partial charge in [0.2, 0.25) is 0 Å². The SMILES string of the molecule is CC(C)(C)OC(=O)n1c([B-](F)(F)F)cc2ccc(Cl)cc21. The molecule has 2 rings (SSSR count). The number of nitrogens with zero attached hydrogens (tertiary/aromatic N) is 1. The number of aromatic nitrogens is 1. The van der Waals surface area contributed by atoms with Gasteiger partial charge in [0.1, 0.15) is 5.60 Å². The highest BCUT2D eigenvalue weighted by Crippen LogP contribution is 2.24. The topological polar surface area (TPSA) is 31.2 Å². The summed E-state index contributed by atoms with van der Waals surface area (Å²) in [5.74, 6) is 0. The van der Waals surface area contributed by atoms with Crippen LogP contribution in [-0.2, 0) is 4.74 Å². The molecule has 114 valence electrons. The van der Waals surface area contributed by atoms with E-state index < -0.39 is 24.3 Å². The molecule has 0 aliphatic heterocycles. The molecule has 0 unspecified atom stereocenters. The molecule has 1 aromatic heterocycles. The predicted octanol–water partition coefficient (Wildman–Crippen LogP) is 4.13. The molecular formula is C13H13BClF3NO2-. The second kappa shape index (κ2) is 4.98. The zero-order valence-corrected chi connectivity index (χ0v) is 12.4. The van der Waals surface area contributed by atoms with Gasteiger partial charge in [-0.25, -0.2) is 4.79 Å². The highest BCUT2D eigenvalue weighted by Gasteiger charge is 2.34. The summed E-state index contributed by atoms with van der Waals surface area (Å²) < 4.78 is 45.1. The zero-order valence-electron chi connectivity index (χ0n) is 11.7. The van der Waals surface area contributed by atoms with Crippen molar-refractivity contribution in [3.8, 4) is 0 Å². The first-order valence-electron chi connectivity index (χ1n) is 6.23. The molecule has 0 aliphatic rings. The summed E-state index contributed by atoms with van der Waals surface area (Å²) in [6, 6.07) is 5.14. The van der Waals surface area contributed by atoms with Gasteiger partial charge in [-0.1, -0.05) is 23.7 Å². The van der Waals surface area contributed by atoms with Gasteiger partial charge in [-0.3, -0.25) is 4.57 Å². The lowest BCUT2D eigenvalue weighted by molar-refractivity contribution is 0.0547. The first kappa shape index (κ1) is 15.8. The number of fused-ring (bicyclic) bond motifs is 1. The number of carbonyl (C=O) groups excluding carboxylic acids is 1. The molecule has 0 aliphatic carbocycles. The highest BCUT2D eigenvalue weighted by molar-refractivity contribution is 6.73. The Bertz CT molecular complexity index is 704. The molecule has 0 atom stereocenters. The predicted molar refractivity (Wildman–Crippen MR) is 77.3 cm³/mol. The van der Waals surface area contributed by atoms with E-state index in [1.807, 2.05) is 0 Å². The van der Waals surface area contributed by atoms with E-state index in [0.29, 0.717) is 4.57 Å². The van der Waals surface area contributed by atoms with Crippen LogP contribution in [0.5, 0.6) is 0 Å². The maximum atomic E-state index is 13.2. The van der Waals surface area contributed by atoms with Gasteiger partial charge >= 0.3 is 13.1 Å². The molecule has 0 saturated heterocycles. The monoisotopic (exact) mass is 318 g/mol. The van der Waals surface area contributed by atoms with Crippen molar-refractivity contribution in [1.82, 2.24) is 4.57 Å². The van der Waals surface area contributed by atoms with Gasteiger partial charge in [0, 0.05) is 5.02 Å². The number of hydrogen-bond acceptors (Lipinski definition) is 2. The summed E-state index contributed by atoms with van der Waals surface area (Å²) in [6.07, 6.45) is -1.08. The number of halogens is 4. The van der Waals surface area contributed by atoms with Crippen molar-refractivity contribution < 1.29 is 22.5 Å². The van der Waals surface area contributed by atoms with E-state index in [9.17, 15) is 17.7 Å². The van der Waals surface area contributed by atoms with E-state index in [1.165, 1.54) is 18.2 Å². The van der Waals surface area contributed by atoms with Crippen molar-refractivity contribution in [2.75, 3.05) is 0 Å². The standard InChI is InChI=1S/C13H13BClF3NO2/c1-13(2,3)21-12(20)19-10-7-9(15)5-4-8(10)6-11(19)14(16,17)18/h4-7H,1-3H3/q-1. The highest BCUT2D eigenvalue weighted by atomic mass is 35.5. The second-order valence-electron chi connectivity index (χ2n) is 5.66. The minimum Gasteiger partial charge on any atom is -0.444 e. The van der Waals surface area contributed by atoms with Crippen molar-refractivity contribution in [2.24, 2.45) is 0 Å². The molecule has 0 amide bonds. The molecule has 1 aromatic carbocycles. The van der Waals surface area contributed by atoms with Gasteiger partial charge in [-0.05, 0) is 43.9 Å². The molecule has 2 aromatic rings. The van der Waals surface area contributed by atoms with Crippen molar-refractivity contribution >= 4 is 41.2 Å².